The molecule has 5 heteroatoms. The van der Waals surface area contributed by atoms with E-state index in [9.17, 15) is 9.59 Å². The van der Waals surface area contributed by atoms with Crippen LogP contribution in [0.1, 0.15) is 48.9 Å². The summed E-state index contributed by atoms with van der Waals surface area (Å²) < 4.78 is 0. The molecule has 2 aliphatic heterocycles. The molecular formula is C30H35N3O2. The third-order valence-corrected chi connectivity index (χ3v) is 8.58. The number of piperazine rings is 1. The van der Waals surface area contributed by atoms with E-state index in [0.29, 0.717) is 11.9 Å². The Bertz CT molecular complexity index is 1180. The van der Waals surface area contributed by atoms with Gasteiger partial charge in [0.1, 0.15) is 0 Å². The molecule has 0 spiro atoms. The number of carbonyl (C=O) groups excluding carboxylic acids is 2. The van der Waals surface area contributed by atoms with E-state index in [1.807, 2.05) is 29.2 Å². The molecule has 35 heavy (non-hydrogen) atoms. The molecule has 0 aromatic heterocycles. The van der Waals surface area contributed by atoms with Crippen LogP contribution in [0.25, 0.3) is 21.5 Å². The van der Waals surface area contributed by atoms with Gasteiger partial charge < -0.3 is 9.80 Å². The third-order valence-electron chi connectivity index (χ3n) is 8.58. The molecule has 2 saturated heterocycles. The molecule has 0 radical (unpaired) electrons. The van der Waals surface area contributed by atoms with Crippen molar-refractivity contribution >= 4 is 33.4 Å². The maximum atomic E-state index is 13.8. The van der Waals surface area contributed by atoms with Crippen molar-refractivity contribution < 1.29 is 9.59 Å². The van der Waals surface area contributed by atoms with E-state index >= 15 is 0 Å². The molecule has 5 nitrogen and oxygen atoms in total. The Morgan fingerprint density at radius 2 is 1.23 bits per heavy atom. The number of hydrogen-bond donors (Lipinski definition) is 0. The highest BCUT2D eigenvalue weighted by molar-refractivity contribution is 6.18. The topological polar surface area (TPSA) is 43.9 Å². The van der Waals surface area contributed by atoms with Gasteiger partial charge in [-0.25, -0.2) is 0 Å². The SMILES string of the molecule is O=C(c1c2ccccc2cc2ccccc12)N1CCN(C2CCN(C(=O)C3CCCC3)CC2)CC1. The first-order valence-corrected chi connectivity index (χ1v) is 13.4. The van der Waals surface area contributed by atoms with Gasteiger partial charge >= 0.3 is 0 Å². The summed E-state index contributed by atoms with van der Waals surface area (Å²) in [5.74, 6) is 0.833. The Balaban J connectivity index is 1.12. The summed E-state index contributed by atoms with van der Waals surface area (Å²) in [4.78, 5) is 33.3. The molecule has 2 heterocycles. The fraction of sp³-hybridized carbons (Fsp3) is 0.467. The van der Waals surface area contributed by atoms with Crippen molar-refractivity contribution in [3.8, 4) is 0 Å². The van der Waals surface area contributed by atoms with E-state index in [-0.39, 0.29) is 11.8 Å². The Morgan fingerprint density at radius 3 is 1.83 bits per heavy atom. The van der Waals surface area contributed by atoms with E-state index < -0.39 is 0 Å². The van der Waals surface area contributed by atoms with Gasteiger partial charge in [-0.15, -0.1) is 0 Å². The molecule has 0 atom stereocenters. The van der Waals surface area contributed by atoms with Gasteiger partial charge in [-0.2, -0.15) is 0 Å². The molecule has 3 fully saturated rings. The van der Waals surface area contributed by atoms with E-state index in [2.05, 4.69) is 40.1 Å². The zero-order valence-corrected chi connectivity index (χ0v) is 20.5. The maximum absolute atomic E-state index is 13.8. The molecular weight excluding hydrogens is 434 g/mol. The van der Waals surface area contributed by atoms with Crippen molar-refractivity contribution in [3.63, 3.8) is 0 Å². The van der Waals surface area contributed by atoms with Crippen molar-refractivity contribution in [2.45, 2.75) is 44.6 Å². The fourth-order valence-corrected chi connectivity index (χ4v) is 6.57. The first-order valence-electron chi connectivity index (χ1n) is 13.4. The highest BCUT2D eigenvalue weighted by Crippen LogP contribution is 2.31. The molecule has 0 unspecified atom stereocenters. The number of piperidine rings is 1. The quantitative estimate of drug-likeness (QED) is 0.511. The lowest BCUT2D eigenvalue weighted by Crippen LogP contribution is -2.55. The Morgan fingerprint density at radius 1 is 0.657 bits per heavy atom. The number of benzene rings is 3. The average molecular weight is 470 g/mol. The van der Waals surface area contributed by atoms with E-state index in [0.717, 1.165) is 92.1 Å². The third kappa shape index (κ3) is 4.31. The van der Waals surface area contributed by atoms with Crippen LogP contribution in [0.4, 0.5) is 0 Å². The highest BCUT2D eigenvalue weighted by Gasteiger charge is 2.33. The Hall–Kier alpha value is -2.92. The lowest BCUT2D eigenvalue weighted by Gasteiger charge is -2.43. The second-order valence-corrected chi connectivity index (χ2v) is 10.6. The minimum Gasteiger partial charge on any atom is -0.342 e. The van der Waals surface area contributed by atoms with Crippen LogP contribution < -0.4 is 0 Å². The van der Waals surface area contributed by atoms with Crippen molar-refractivity contribution in [1.82, 2.24) is 14.7 Å². The van der Waals surface area contributed by atoms with Crippen molar-refractivity contribution in [3.05, 3.63) is 60.2 Å². The standard InChI is InChI=1S/C30H35N3O2/c34-29(22-7-1-2-8-22)32-15-13-25(14-16-32)31-17-19-33(20-18-31)30(35)28-26-11-5-3-9-23(26)21-24-10-4-6-12-27(24)28/h3-6,9-12,21-22,25H,1-2,7-8,13-20H2. The van der Waals surface area contributed by atoms with E-state index in [1.165, 1.54) is 12.8 Å². The van der Waals surface area contributed by atoms with Gasteiger partial charge in [0.05, 0.1) is 5.56 Å². The number of fused-ring (bicyclic) bond motifs is 2. The minimum absolute atomic E-state index is 0.148. The van der Waals surface area contributed by atoms with E-state index in [4.69, 9.17) is 0 Å². The van der Waals surface area contributed by atoms with Crippen molar-refractivity contribution in [2.75, 3.05) is 39.3 Å². The molecule has 3 aromatic carbocycles. The molecule has 0 bridgehead atoms. The predicted molar refractivity (Wildman–Crippen MR) is 140 cm³/mol. The smallest absolute Gasteiger partial charge is 0.255 e. The van der Waals surface area contributed by atoms with Crippen LogP contribution in [-0.2, 0) is 4.79 Å². The number of rotatable bonds is 3. The molecule has 2 amide bonds. The molecule has 0 N–H and O–H groups in total. The van der Waals surface area contributed by atoms with Crippen molar-refractivity contribution in [2.24, 2.45) is 5.92 Å². The van der Waals surface area contributed by atoms with Gasteiger partial charge in [0.25, 0.3) is 5.91 Å². The summed E-state index contributed by atoms with van der Waals surface area (Å²) in [6.45, 7) is 5.13. The van der Waals surface area contributed by atoms with Crippen LogP contribution in [0.15, 0.2) is 54.6 Å². The summed E-state index contributed by atoms with van der Waals surface area (Å²) in [5.41, 5.74) is 0.839. The summed E-state index contributed by atoms with van der Waals surface area (Å²) >= 11 is 0. The van der Waals surface area contributed by atoms with Gasteiger partial charge in [-0.3, -0.25) is 14.5 Å². The van der Waals surface area contributed by atoms with E-state index in [1.54, 1.807) is 0 Å². The molecule has 182 valence electrons. The second kappa shape index (κ2) is 9.62. The van der Waals surface area contributed by atoms with Crippen LogP contribution in [0.5, 0.6) is 0 Å². The minimum atomic E-state index is 0.148. The lowest BCUT2D eigenvalue weighted by molar-refractivity contribution is -0.137. The van der Waals surface area contributed by atoms with Gasteiger partial charge in [-0.1, -0.05) is 61.4 Å². The number of likely N-dealkylation sites (tertiary alicyclic amines) is 1. The summed E-state index contributed by atoms with van der Waals surface area (Å²) in [6, 6.07) is 19.2. The zero-order chi connectivity index (χ0) is 23.8. The van der Waals surface area contributed by atoms with Crippen LogP contribution >= 0.6 is 0 Å². The normalized spacial score (nSPS) is 20.7. The number of amides is 2. The number of carbonyl (C=O) groups is 2. The summed E-state index contributed by atoms with van der Waals surface area (Å²) in [5, 5.41) is 4.31. The Kier molecular flexibility index (Phi) is 6.19. The predicted octanol–water partition coefficient (Wildman–Crippen LogP) is 4.93. The summed E-state index contributed by atoms with van der Waals surface area (Å²) in [6.07, 6.45) is 6.71. The fourth-order valence-electron chi connectivity index (χ4n) is 6.57. The highest BCUT2D eigenvalue weighted by atomic mass is 16.2. The second-order valence-electron chi connectivity index (χ2n) is 10.6. The largest absolute Gasteiger partial charge is 0.342 e. The average Bonchev–Trinajstić information content (AvgIpc) is 3.46. The van der Waals surface area contributed by atoms with Crippen molar-refractivity contribution in [1.29, 1.82) is 0 Å². The molecule has 3 aliphatic rings. The summed E-state index contributed by atoms with van der Waals surface area (Å²) in [7, 11) is 0. The van der Waals surface area contributed by atoms with Crippen LogP contribution in [-0.4, -0.2) is 71.8 Å². The molecule has 6 rings (SSSR count). The zero-order valence-electron chi connectivity index (χ0n) is 20.5. The van der Waals surface area contributed by atoms with Gasteiger partial charge in [0.2, 0.25) is 5.91 Å². The molecule has 1 saturated carbocycles. The van der Waals surface area contributed by atoms with Gasteiger partial charge in [-0.05, 0) is 53.3 Å². The number of hydrogen-bond acceptors (Lipinski definition) is 3. The molecule has 1 aliphatic carbocycles. The van der Waals surface area contributed by atoms with Crippen LogP contribution in [0.3, 0.4) is 0 Å². The lowest BCUT2D eigenvalue weighted by atomic mass is 9.95. The first-order chi connectivity index (χ1) is 17.2. The first kappa shape index (κ1) is 22.5. The monoisotopic (exact) mass is 469 g/mol. The van der Waals surface area contributed by atoms with Crippen LogP contribution in [0.2, 0.25) is 0 Å². The number of nitrogens with zero attached hydrogens (tertiary/aromatic N) is 3. The maximum Gasteiger partial charge on any atom is 0.255 e. The Labute approximate surface area is 207 Å². The van der Waals surface area contributed by atoms with Gasteiger partial charge in [0.15, 0.2) is 0 Å². The molecule has 3 aromatic rings. The van der Waals surface area contributed by atoms with Gasteiger partial charge in [0, 0.05) is 51.2 Å². The van der Waals surface area contributed by atoms with Crippen LogP contribution in [0, 0.1) is 5.92 Å².